The van der Waals surface area contributed by atoms with Gasteiger partial charge in [0.05, 0.1) is 30.2 Å². The summed E-state index contributed by atoms with van der Waals surface area (Å²) in [7, 11) is 1.27. The van der Waals surface area contributed by atoms with Gasteiger partial charge in [-0.2, -0.15) is 0 Å². The van der Waals surface area contributed by atoms with Crippen LogP contribution in [0.4, 0.5) is 17.1 Å². The van der Waals surface area contributed by atoms with Gasteiger partial charge in [0, 0.05) is 18.3 Å². The Morgan fingerprint density at radius 3 is 1.97 bits per heavy atom. The van der Waals surface area contributed by atoms with E-state index in [-0.39, 0.29) is 23.3 Å². The third kappa shape index (κ3) is 4.98. The third-order valence-electron chi connectivity index (χ3n) is 4.53. The van der Waals surface area contributed by atoms with Crippen LogP contribution in [-0.4, -0.2) is 30.8 Å². The van der Waals surface area contributed by atoms with Gasteiger partial charge in [0.1, 0.15) is 0 Å². The average molecular weight is 395 g/mol. The van der Waals surface area contributed by atoms with Gasteiger partial charge < -0.3 is 20.7 Å². The Bertz CT molecular complexity index is 955. The van der Waals surface area contributed by atoms with Crippen molar-refractivity contribution in [1.82, 2.24) is 0 Å². The molecule has 150 valence electrons. The quantitative estimate of drug-likeness (QED) is 0.651. The molecule has 0 heterocycles. The number of anilines is 3. The number of esters is 1. The van der Waals surface area contributed by atoms with E-state index in [4.69, 9.17) is 4.74 Å². The fraction of sp³-hybridized carbons (Fsp3) is 0.238. The first-order valence-corrected chi connectivity index (χ1v) is 9.05. The number of benzene rings is 2. The smallest absolute Gasteiger partial charge is 0.339 e. The Balaban J connectivity index is 1.56. The molecular formula is C21H21N3O5. The SMILES string of the molecule is COC(=O)c1ccccc1NC(=O)C1CC1C(=O)Nc1ccc(NC(C)=O)cc1. The molecule has 8 nitrogen and oxygen atoms in total. The van der Waals surface area contributed by atoms with Crippen LogP contribution in [0.5, 0.6) is 0 Å². The van der Waals surface area contributed by atoms with Crippen molar-refractivity contribution < 1.29 is 23.9 Å². The maximum Gasteiger partial charge on any atom is 0.339 e. The van der Waals surface area contributed by atoms with Crippen LogP contribution in [0.15, 0.2) is 48.5 Å². The highest BCUT2D eigenvalue weighted by atomic mass is 16.5. The van der Waals surface area contributed by atoms with E-state index in [9.17, 15) is 19.2 Å². The minimum Gasteiger partial charge on any atom is -0.465 e. The molecule has 2 atom stereocenters. The summed E-state index contributed by atoms with van der Waals surface area (Å²) in [4.78, 5) is 47.7. The highest BCUT2D eigenvalue weighted by Gasteiger charge is 2.48. The van der Waals surface area contributed by atoms with Crippen molar-refractivity contribution in [3.63, 3.8) is 0 Å². The van der Waals surface area contributed by atoms with Crippen LogP contribution in [0.25, 0.3) is 0 Å². The molecule has 3 amide bonds. The molecule has 0 aliphatic heterocycles. The number of para-hydroxylation sites is 1. The minimum absolute atomic E-state index is 0.178. The second-order valence-electron chi connectivity index (χ2n) is 6.72. The lowest BCUT2D eigenvalue weighted by Crippen LogP contribution is -2.21. The van der Waals surface area contributed by atoms with Gasteiger partial charge in [-0.25, -0.2) is 4.79 Å². The molecule has 3 N–H and O–H groups in total. The van der Waals surface area contributed by atoms with E-state index in [0.717, 1.165) is 0 Å². The molecular weight excluding hydrogens is 374 g/mol. The van der Waals surface area contributed by atoms with Crippen LogP contribution >= 0.6 is 0 Å². The maximum absolute atomic E-state index is 12.5. The molecule has 8 heteroatoms. The van der Waals surface area contributed by atoms with Gasteiger partial charge in [0.2, 0.25) is 17.7 Å². The van der Waals surface area contributed by atoms with Gasteiger partial charge in [-0.15, -0.1) is 0 Å². The molecule has 29 heavy (non-hydrogen) atoms. The van der Waals surface area contributed by atoms with Gasteiger partial charge in [0.25, 0.3) is 0 Å². The number of carbonyl (C=O) groups is 4. The maximum atomic E-state index is 12.5. The van der Waals surface area contributed by atoms with E-state index in [2.05, 4.69) is 16.0 Å². The zero-order chi connectivity index (χ0) is 21.0. The molecule has 1 aliphatic carbocycles. The molecule has 2 aromatic carbocycles. The Morgan fingerprint density at radius 2 is 1.38 bits per heavy atom. The van der Waals surface area contributed by atoms with Crippen molar-refractivity contribution >= 4 is 40.8 Å². The predicted octanol–water partition coefficient (Wildman–Crippen LogP) is 2.64. The van der Waals surface area contributed by atoms with Crippen LogP contribution in [-0.2, 0) is 19.1 Å². The van der Waals surface area contributed by atoms with E-state index in [1.165, 1.54) is 14.0 Å². The largest absolute Gasteiger partial charge is 0.465 e. The van der Waals surface area contributed by atoms with Gasteiger partial charge in [0.15, 0.2) is 0 Å². The number of amides is 3. The van der Waals surface area contributed by atoms with E-state index in [0.29, 0.717) is 23.5 Å². The lowest BCUT2D eigenvalue weighted by Gasteiger charge is -2.10. The van der Waals surface area contributed by atoms with Gasteiger partial charge in [-0.05, 0) is 42.8 Å². The van der Waals surface area contributed by atoms with Gasteiger partial charge in [-0.1, -0.05) is 12.1 Å². The summed E-state index contributed by atoms with van der Waals surface area (Å²) >= 11 is 0. The monoisotopic (exact) mass is 395 g/mol. The first-order chi connectivity index (χ1) is 13.9. The number of methoxy groups -OCH3 is 1. The fourth-order valence-corrected chi connectivity index (χ4v) is 2.96. The summed E-state index contributed by atoms with van der Waals surface area (Å²) in [6.45, 7) is 1.41. The van der Waals surface area contributed by atoms with Crippen LogP contribution in [0.1, 0.15) is 23.7 Å². The number of carbonyl (C=O) groups excluding carboxylic acids is 4. The molecule has 0 radical (unpaired) electrons. The number of hydrogen-bond donors (Lipinski definition) is 3. The lowest BCUT2D eigenvalue weighted by atomic mass is 10.1. The summed E-state index contributed by atoms with van der Waals surface area (Å²) in [5.74, 6) is -2.19. The number of ether oxygens (including phenoxy) is 1. The summed E-state index contributed by atoms with van der Waals surface area (Å²) in [5, 5.41) is 8.11. The van der Waals surface area contributed by atoms with Crippen molar-refractivity contribution in [3.05, 3.63) is 54.1 Å². The second kappa shape index (κ2) is 8.55. The van der Waals surface area contributed by atoms with Crippen LogP contribution in [0.2, 0.25) is 0 Å². The Kier molecular flexibility index (Phi) is 5.92. The Hall–Kier alpha value is -3.68. The van der Waals surface area contributed by atoms with E-state index in [1.807, 2.05) is 0 Å². The lowest BCUT2D eigenvalue weighted by molar-refractivity contribution is -0.122. The van der Waals surface area contributed by atoms with E-state index < -0.39 is 17.8 Å². The van der Waals surface area contributed by atoms with Gasteiger partial charge in [-0.3, -0.25) is 14.4 Å². The highest BCUT2D eigenvalue weighted by molar-refractivity contribution is 6.06. The molecule has 0 saturated heterocycles. The summed E-state index contributed by atoms with van der Waals surface area (Å²) in [6, 6.07) is 13.2. The molecule has 3 rings (SSSR count). The van der Waals surface area contributed by atoms with Crippen molar-refractivity contribution in [2.75, 3.05) is 23.1 Å². The topological polar surface area (TPSA) is 114 Å². The Labute approximate surface area is 167 Å². The zero-order valence-corrected chi connectivity index (χ0v) is 16.0. The molecule has 0 aromatic heterocycles. The predicted molar refractivity (Wildman–Crippen MR) is 107 cm³/mol. The molecule has 1 saturated carbocycles. The third-order valence-corrected chi connectivity index (χ3v) is 4.53. The van der Waals surface area contributed by atoms with Crippen LogP contribution in [0.3, 0.4) is 0 Å². The number of rotatable bonds is 6. The zero-order valence-electron chi connectivity index (χ0n) is 16.0. The van der Waals surface area contributed by atoms with Gasteiger partial charge >= 0.3 is 5.97 Å². The fourth-order valence-electron chi connectivity index (χ4n) is 2.96. The molecule has 0 bridgehead atoms. The standard InChI is InChI=1S/C21H21N3O5/c1-12(25)22-13-7-9-14(10-8-13)23-19(26)16-11-17(16)20(27)24-18-6-4-3-5-15(18)21(28)29-2/h3-10,16-17H,11H2,1-2H3,(H,22,25)(H,23,26)(H,24,27). The minimum atomic E-state index is -0.548. The first-order valence-electron chi connectivity index (χ1n) is 9.05. The second-order valence-corrected chi connectivity index (χ2v) is 6.72. The number of hydrogen-bond acceptors (Lipinski definition) is 5. The van der Waals surface area contributed by atoms with Crippen LogP contribution in [0, 0.1) is 11.8 Å². The van der Waals surface area contributed by atoms with E-state index >= 15 is 0 Å². The average Bonchev–Trinajstić information content (AvgIpc) is 3.50. The normalized spacial score (nSPS) is 17.0. The van der Waals surface area contributed by atoms with E-state index in [1.54, 1.807) is 48.5 Å². The summed E-state index contributed by atoms with van der Waals surface area (Å²) in [6.07, 6.45) is 0.433. The molecule has 2 unspecified atom stereocenters. The molecule has 2 aromatic rings. The highest BCUT2D eigenvalue weighted by Crippen LogP contribution is 2.40. The summed E-state index contributed by atoms with van der Waals surface area (Å²) < 4.78 is 4.71. The van der Waals surface area contributed by atoms with Crippen molar-refractivity contribution in [2.24, 2.45) is 11.8 Å². The van der Waals surface area contributed by atoms with Crippen molar-refractivity contribution in [2.45, 2.75) is 13.3 Å². The van der Waals surface area contributed by atoms with Crippen molar-refractivity contribution in [1.29, 1.82) is 0 Å². The summed E-state index contributed by atoms with van der Waals surface area (Å²) in [5.41, 5.74) is 1.81. The van der Waals surface area contributed by atoms with Crippen LogP contribution < -0.4 is 16.0 Å². The first kappa shape index (κ1) is 20.1. The molecule has 1 fully saturated rings. The van der Waals surface area contributed by atoms with Crippen molar-refractivity contribution in [3.8, 4) is 0 Å². The Morgan fingerprint density at radius 1 is 0.828 bits per heavy atom. The molecule has 1 aliphatic rings. The molecule has 0 spiro atoms. The number of nitrogens with one attached hydrogen (secondary N) is 3.